The van der Waals surface area contributed by atoms with Gasteiger partial charge in [0.05, 0.1) is 22.1 Å². The number of anilines is 3. The molecule has 14 aromatic rings. The third-order valence-corrected chi connectivity index (χ3v) is 14.1. The fourth-order valence-corrected chi connectivity index (χ4v) is 10.9. The number of nitrogens with zero attached hydrogens (tertiary/aromatic N) is 3. The monoisotopic (exact) mass is 893 g/mol. The molecule has 0 bridgehead atoms. The summed E-state index contributed by atoms with van der Waals surface area (Å²) < 4.78 is 11.2. The maximum Gasteiger partial charge on any atom is 0.143 e. The average molecular weight is 894 g/mol. The number of rotatable bonds is 8. The van der Waals surface area contributed by atoms with Gasteiger partial charge < -0.3 is 18.5 Å². The van der Waals surface area contributed by atoms with Gasteiger partial charge in [0.2, 0.25) is 0 Å². The number of fused-ring (bicyclic) bond motifs is 9. The summed E-state index contributed by atoms with van der Waals surface area (Å²) >= 11 is 0. The van der Waals surface area contributed by atoms with E-state index < -0.39 is 0 Å². The van der Waals surface area contributed by atoms with E-state index in [0.717, 1.165) is 83.8 Å². The van der Waals surface area contributed by atoms with E-state index >= 15 is 0 Å². The molecule has 328 valence electrons. The zero-order valence-electron chi connectivity index (χ0n) is 38.1. The highest BCUT2D eigenvalue weighted by Crippen LogP contribution is 2.43. The van der Waals surface area contributed by atoms with Crippen molar-refractivity contribution < 1.29 is 4.42 Å². The van der Waals surface area contributed by atoms with Crippen molar-refractivity contribution >= 4 is 82.6 Å². The summed E-state index contributed by atoms with van der Waals surface area (Å²) in [6, 6.07) is 94.2. The van der Waals surface area contributed by atoms with E-state index in [0.29, 0.717) is 0 Å². The Labute approximate surface area is 404 Å². The first-order chi connectivity index (χ1) is 34.7. The second kappa shape index (κ2) is 16.2. The largest absolute Gasteiger partial charge is 0.455 e. The minimum atomic E-state index is 0.898. The molecule has 0 unspecified atom stereocenters. The average Bonchev–Trinajstić information content (AvgIpc) is 4.09. The summed E-state index contributed by atoms with van der Waals surface area (Å²) in [5.41, 5.74) is 18.8. The number of aromatic nitrogens is 2. The molecule has 0 aliphatic carbocycles. The standard InChI is InChI=1S/C66H43N3O/c1-3-18-49(19-4-1)68-61-29-10-7-24-55(61)59-42-47(34-38-63(59)68)45-16-13-22-52(40-45)67(51-36-32-44(33-37-51)54-27-15-28-58-57-26-9-12-31-65(57)70-66(54)58)53-23-14-17-46(41-53)48-35-39-64-60(43-48)56-25-8-11-30-62(56)69(64)50-20-5-2-6-21-50/h1-43H. The van der Waals surface area contributed by atoms with Gasteiger partial charge in [-0.1, -0.05) is 158 Å². The van der Waals surface area contributed by atoms with Gasteiger partial charge in [0.25, 0.3) is 0 Å². The van der Waals surface area contributed by atoms with E-state index in [-0.39, 0.29) is 0 Å². The van der Waals surface area contributed by atoms with Crippen LogP contribution in [0.15, 0.2) is 265 Å². The van der Waals surface area contributed by atoms with E-state index in [4.69, 9.17) is 4.42 Å². The first-order valence-electron chi connectivity index (χ1n) is 23.9. The first kappa shape index (κ1) is 39.8. The molecule has 0 aliphatic heterocycles. The van der Waals surface area contributed by atoms with Crippen LogP contribution in [0.5, 0.6) is 0 Å². The highest BCUT2D eigenvalue weighted by molar-refractivity contribution is 6.12. The quantitative estimate of drug-likeness (QED) is 0.152. The molecule has 0 spiro atoms. The molecule has 70 heavy (non-hydrogen) atoms. The van der Waals surface area contributed by atoms with Crippen molar-refractivity contribution in [3.8, 4) is 44.8 Å². The Morgan fingerprint density at radius 2 is 0.714 bits per heavy atom. The zero-order valence-corrected chi connectivity index (χ0v) is 38.1. The molecule has 11 aromatic carbocycles. The van der Waals surface area contributed by atoms with Gasteiger partial charge in [-0.3, -0.25) is 0 Å². The predicted molar refractivity (Wildman–Crippen MR) is 293 cm³/mol. The van der Waals surface area contributed by atoms with Gasteiger partial charge in [-0.05, 0) is 131 Å². The maximum atomic E-state index is 6.50. The highest BCUT2D eigenvalue weighted by Gasteiger charge is 2.19. The molecule has 4 heteroatoms. The van der Waals surface area contributed by atoms with Crippen LogP contribution in [-0.2, 0) is 0 Å². The minimum absolute atomic E-state index is 0.898. The Hall–Kier alpha value is -9.38. The van der Waals surface area contributed by atoms with Crippen molar-refractivity contribution in [2.24, 2.45) is 0 Å². The van der Waals surface area contributed by atoms with Gasteiger partial charge in [-0.15, -0.1) is 0 Å². The normalized spacial score (nSPS) is 11.7. The molecule has 0 atom stereocenters. The van der Waals surface area contributed by atoms with Crippen molar-refractivity contribution in [1.29, 1.82) is 0 Å². The molecule has 4 nitrogen and oxygen atoms in total. The van der Waals surface area contributed by atoms with Gasteiger partial charge in [0, 0.05) is 66.3 Å². The van der Waals surface area contributed by atoms with Crippen LogP contribution in [-0.4, -0.2) is 9.13 Å². The van der Waals surface area contributed by atoms with Crippen molar-refractivity contribution in [3.05, 3.63) is 261 Å². The zero-order chi connectivity index (χ0) is 46.1. The van der Waals surface area contributed by atoms with Crippen LogP contribution in [0.4, 0.5) is 17.1 Å². The van der Waals surface area contributed by atoms with E-state index in [1.807, 2.05) is 12.1 Å². The van der Waals surface area contributed by atoms with Crippen molar-refractivity contribution in [2.75, 3.05) is 4.90 Å². The summed E-state index contributed by atoms with van der Waals surface area (Å²) in [7, 11) is 0. The minimum Gasteiger partial charge on any atom is -0.455 e. The van der Waals surface area contributed by atoms with Crippen molar-refractivity contribution in [2.45, 2.75) is 0 Å². The van der Waals surface area contributed by atoms with Crippen LogP contribution in [0.2, 0.25) is 0 Å². The van der Waals surface area contributed by atoms with Gasteiger partial charge in [-0.2, -0.15) is 0 Å². The second-order valence-corrected chi connectivity index (χ2v) is 18.1. The molecule has 14 rings (SSSR count). The molecule has 3 heterocycles. The third kappa shape index (κ3) is 6.46. The number of para-hydroxylation sites is 6. The highest BCUT2D eigenvalue weighted by atomic mass is 16.3. The van der Waals surface area contributed by atoms with E-state index in [1.54, 1.807) is 0 Å². The lowest BCUT2D eigenvalue weighted by atomic mass is 9.99. The Morgan fingerprint density at radius 1 is 0.271 bits per heavy atom. The fourth-order valence-electron chi connectivity index (χ4n) is 10.9. The Morgan fingerprint density at radius 3 is 1.29 bits per heavy atom. The van der Waals surface area contributed by atoms with E-state index in [9.17, 15) is 0 Å². The number of hydrogen-bond acceptors (Lipinski definition) is 2. The van der Waals surface area contributed by atoms with Crippen LogP contribution in [0.1, 0.15) is 0 Å². The predicted octanol–water partition coefficient (Wildman–Crippen LogP) is 18.3. The SMILES string of the molecule is c1ccc(-n2c3ccccc3c3cc(-c4cccc(N(c5ccc(-c6cccc7c6oc6ccccc67)cc5)c5cccc(-c6ccc7c(c6)c6ccccc6n7-c6ccccc6)c5)c4)ccc32)cc1. The van der Waals surface area contributed by atoms with E-state index in [1.165, 1.54) is 43.6 Å². The summed E-state index contributed by atoms with van der Waals surface area (Å²) in [5.74, 6) is 0. The van der Waals surface area contributed by atoms with Crippen LogP contribution in [0, 0.1) is 0 Å². The van der Waals surface area contributed by atoms with Crippen molar-refractivity contribution in [3.63, 3.8) is 0 Å². The van der Waals surface area contributed by atoms with Crippen LogP contribution < -0.4 is 4.90 Å². The Kier molecular flexibility index (Phi) is 9.17. The van der Waals surface area contributed by atoms with Crippen LogP contribution in [0.3, 0.4) is 0 Å². The molecule has 0 radical (unpaired) electrons. The molecule has 0 saturated carbocycles. The molecular formula is C66H43N3O. The van der Waals surface area contributed by atoms with Crippen molar-refractivity contribution in [1.82, 2.24) is 9.13 Å². The second-order valence-electron chi connectivity index (χ2n) is 18.1. The molecule has 3 aromatic heterocycles. The lowest BCUT2D eigenvalue weighted by Crippen LogP contribution is -2.10. The lowest BCUT2D eigenvalue weighted by Gasteiger charge is -2.27. The van der Waals surface area contributed by atoms with Crippen LogP contribution >= 0.6 is 0 Å². The lowest BCUT2D eigenvalue weighted by molar-refractivity contribution is 0.670. The third-order valence-electron chi connectivity index (χ3n) is 14.1. The number of hydrogen-bond donors (Lipinski definition) is 0. The summed E-state index contributed by atoms with van der Waals surface area (Å²) in [5, 5.41) is 7.18. The summed E-state index contributed by atoms with van der Waals surface area (Å²) in [6.07, 6.45) is 0. The Bertz CT molecular complexity index is 4090. The Balaban J connectivity index is 0.906. The molecule has 0 N–H and O–H groups in total. The molecule has 0 fully saturated rings. The molecule has 0 aliphatic rings. The fraction of sp³-hybridized carbons (Fsp3) is 0. The summed E-state index contributed by atoms with van der Waals surface area (Å²) in [4.78, 5) is 2.39. The topological polar surface area (TPSA) is 26.2 Å². The summed E-state index contributed by atoms with van der Waals surface area (Å²) in [6.45, 7) is 0. The molecular weight excluding hydrogens is 851 g/mol. The van der Waals surface area contributed by atoms with Crippen LogP contribution in [0.25, 0.3) is 110 Å². The van der Waals surface area contributed by atoms with E-state index in [2.05, 4.69) is 263 Å². The van der Waals surface area contributed by atoms with Gasteiger partial charge in [0.15, 0.2) is 0 Å². The van der Waals surface area contributed by atoms with Gasteiger partial charge in [0.1, 0.15) is 11.2 Å². The van der Waals surface area contributed by atoms with Gasteiger partial charge in [-0.25, -0.2) is 0 Å². The smallest absolute Gasteiger partial charge is 0.143 e. The first-order valence-corrected chi connectivity index (χ1v) is 23.9. The molecule has 0 amide bonds. The maximum absolute atomic E-state index is 6.50. The van der Waals surface area contributed by atoms with Gasteiger partial charge >= 0.3 is 0 Å². The molecule has 0 saturated heterocycles. The number of benzene rings is 11. The number of furan rings is 1.